The van der Waals surface area contributed by atoms with Crippen LogP contribution in [0.1, 0.15) is 17.0 Å². The van der Waals surface area contributed by atoms with E-state index in [0.29, 0.717) is 24.1 Å². The number of nitrogens with one attached hydrogen (secondary N) is 1. The fraction of sp³-hybridized carbons (Fsp3) is 0.250. The number of benzene rings is 2. The molecule has 0 aliphatic carbocycles. The maximum absolute atomic E-state index is 13.8. The molecule has 0 heterocycles. The molecule has 0 amide bonds. The van der Waals surface area contributed by atoms with E-state index in [-0.39, 0.29) is 11.7 Å². The molecular formula is C16H16F3N. The van der Waals surface area contributed by atoms with Crippen LogP contribution in [0.3, 0.4) is 0 Å². The fourth-order valence-electron chi connectivity index (χ4n) is 2.30. The molecule has 0 aliphatic heterocycles. The zero-order valence-electron chi connectivity index (χ0n) is 11.2. The van der Waals surface area contributed by atoms with Crippen molar-refractivity contribution < 1.29 is 13.2 Å². The lowest BCUT2D eigenvalue weighted by Gasteiger charge is -2.18. The Bertz CT molecular complexity index is 584. The maximum Gasteiger partial charge on any atom is 0.129 e. The van der Waals surface area contributed by atoms with Crippen molar-refractivity contribution in [2.45, 2.75) is 12.3 Å². The van der Waals surface area contributed by atoms with Gasteiger partial charge in [-0.05, 0) is 36.7 Å². The van der Waals surface area contributed by atoms with Gasteiger partial charge in [-0.25, -0.2) is 13.2 Å². The predicted octanol–water partition coefficient (Wildman–Crippen LogP) is 3.65. The summed E-state index contributed by atoms with van der Waals surface area (Å²) in [5.41, 5.74) is 0.917. The number of likely N-dealkylation sites (N-methyl/N-ethyl adjacent to an activating group) is 1. The van der Waals surface area contributed by atoms with Gasteiger partial charge in [0.15, 0.2) is 0 Å². The van der Waals surface area contributed by atoms with Crippen molar-refractivity contribution in [1.82, 2.24) is 5.32 Å². The van der Waals surface area contributed by atoms with Crippen LogP contribution >= 0.6 is 0 Å². The number of halogens is 3. The van der Waals surface area contributed by atoms with E-state index in [4.69, 9.17) is 0 Å². The minimum absolute atomic E-state index is 0.207. The molecule has 20 heavy (non-hydrogen) atoms. The summed E-state index contributed by atoms with van der Waals surface area (Å²) in [6, 6.07) is 9.94. The van der Waals surface area contributed by atoms with Gasteiger partial charge in [-0.2, -0.15) is 0 Å². The Hall–Kier alpha value is -1.81. The van der Waals surface area contributed by atoms with Crippen molar-refractivity contribution in [2.75, 3.05) is 13.6 Å². The van der Waals surface area contributed by atoms with Crippen molar-refractivity contribution >= 4 is 0 Å². The summed E-state index contributed by atoms with van der Waals surface area (Å²) < 4.78 is 40.5. The van der Waals surface area contributed by atoms with Gasteiger partial charge in [0.1, 0.15) is 17.5 Å². The Labute approximate surface area is 116 Å². The minimum Gasteiger partial charge on any atom is -0.319 e. The van der Waals surface area contributed by atoms with Gasteiger partial charge in [0.2, 0.25) is 0 Å². The molecule has 0 fully saturated rings. The molecule has 0 aromatic heterocycles. The molecule has 0 spiro atoms. The van der Waals surface area contributed by atoms with Crippen LogP contribution in [0.4, 0.5) is 13.2 Å². The molecule has 1 unspecified atom stereocenters. The first-order valence-corrected chi connectivity index (χ1v) is 6.44. The monoisotopic (exact) mass is 279 g/mol. The highest BCUT2D eigenvalue weighted by Crippen LogP contribution is 2.24. The third-order valence-corrected chi connectivity index (χ3v) is 3.28. The molecule has 0 saturated carbocycles. The highest BCUT2D eigenvalue weighted by Gasteiger charge is 2.17. The molecule has 2 aromatic carbocycles. The van der Waals surface area contributed by atoms with E-state index in [9.17, 15) is 13.2 Å². The van der Waals surface area contributed by atoms with Crippen LogP contribution in [0.25, 0.3) is 0 Å². The fourth-order valence-corrected chi connectivity index (χ4v) is 2.30. The smallest absolute Gasteiger partial charge is 0.129 e. The molecule has 2 aromatic rings. The molecule has 0 radical (unpaired) electrons. The van der Waals surface area contributed by atoms with E-state index in [1.165, 1.54) is 18.2 Å². The van der Waals surface area contributed by atoms with Gasteiger partial charge in [-0.1, -0.05) is 24.3 Å². The molecule has 0 aliphatic rings. The van der Waals surface area contributed by atoms with E-state index < -0.39 is 11.6 Å². The number of hydrogen-bond acceptors (Lipinski definition) is 1. The van der Waals surface area contributed by atoms with Gasteiger partial charge in [0, 0.05) is 18.5 Å². The van der Waals surface area contributed by atoms with Crippen molar-refractivity contribution in [3.05, 3.63) is 71.0 Å². The predicted molar refractivity (Wildman–Crippen MR) is 73.1 cm³/mol. The summed E-state index contributed by atoms with van der Waals surface area (Å²) in [6.45, 7) is 0.512. The van der Waals surface area contributed by atoms with Crippen LogP contribution in [0.5, 0.6) is 0 Å². The lowest BCUT2D eigenvalue weighted by molar-refractivity contribution is 0.534. The molecule has 1 nitrogen and oxygen atoms in total. The Morgan fingerprint density at radius 3 is 2.40 bits per heavy atom. The third-order valence-electron chi connectivity index (χ3n) is 3.28. The summed E-state index contributed by atoms with van der Waals surface area (Å²) in [4.78, 5) is 0. The zero-order valence-corrected chi connectivity index (χ0v) is 11.2. The third kappa shape index (κ3) is 3.39. The first-order chi connectivity index (χ1) is 9.61. The second-order valence-corrected chi connectivity index (χ2v) is 4.72. The van der Waals surface area contributed by atoms with Crippen LogP contribution in [-0.4, -0.2) is 13.6 Å². The van der Waals surface area contributed by atoms with Crippen LogP contribution < -0.4 is 5.32 Å². The first-order valence-electron chi connectivity index (χ1n) is 6.44. The zero-order chi connectivity index (χ0) is 14.5. The Morgan fingerprint density at radius 2 is 1.75 bits per heavy atom. The molecule has 0 bridgehead atoms. The summed E-state index contributed by atoms with van der Waals surface area (Å²) in [5, 5.41) is 2.98. The lowest BCUT2D eigenvalue weighted by Crippen LogP contribution is -2.20. The lowest BCUT2D eigenvalue weighted by atomic mass is 9.91. The van der Waals surface area contributed by atoms with Crippen LogP contribution in [0, 0.1) is 17.5 Å². The molecular weight excluding hydrogens is 263 g/mol. The summed E-state index contributed by atoms with van der Waals surface area (Å²) in [7, 11) is 1.76. The molecule has 1 atom stereocenters. The van der Waals surface area contributed by atoms with E-state index in [1.807, 2.05) is 0 Å². The van der Waals surface area contributed by atoms with Gasteiger partial charge >= 0.3 is 0 Å². The normalized spacial score (nSPS) is 12.4. The standard InChI is InChI=1S/C16H16F3N/c1-20-10-12(14-4-2-3-5-15(14)18)8-11-6-7-13(17)9-16(11)19/h2-7,9,12,20H,8,10H2,1H3. The van der Waals surface area contributed by atoms with Crippen LogP contribution in [0.2, 0.25) is 0 Å². The van der Waals surface area contributed by atoms with E-state index >= 15 is 0 Å². The van der Waals surface area contributed by atoms with Gasteiger partial charge in [0.25, 0.3) is 0 Å². The van der Waals surface area contributed by atoms with Gasteiger partial charge in [-0.3, -0.25) is 0 Å². The highest BCUT2D eigenvalue weighted by molar-refractivity contribution is 5.27. The Kier molecular flexibility index (Phi) is 4.79. The minimum atomic E-state index is -0.609. The van der Waals surface area contributed by atoms with Gasteiger partial charge in [-0.15, -0.1) is 0 Å². The van der Waals surface area contributed by atoms with Crippen molar-refractivity contribution in [3.8, 4) is 0 Å². The molecule has 106 valence electrons. The number of rotatable bonds is 5. The van der Waals surface area contributed by atoms with Gasteiger partial charge in [0.05, 0.1) is 0 Å². The molecule has 2 rings (SSSR count). The molecule has 4 heteroatoms. The number of hydrogen-bond donors (Lipinski definition) is 1. The summed E-state index contributed by atoms with van der Waals surface area (Å²) in [5.74, 6) is -1.72. The molecule has 0 saturated heterocycles. The second-order valence-electron chi connectivity index (χ2n) is 4.72. The van der Waals surface area contributed by atoms with Crippen molar-refractivity contribution in [1.29, 1.82) is 0 Å². The van der Waals surface area contributed by atoms with Crippen LogP contribution in [0.15, 0.2) is 42.5 Å². The first kappa shape index (κ1) is 14.6. The highest BCUT2D eigenvalue weighted by atomic mass is 19.1. The van der Waals surface area contributed by atoms with Gasteiger partial charge < -0.3 is 5.32 Å². The summed E-state index contributed by atoms with van der Waals surface area (Å²) >= 11 is 0. The maximum atomic E-state index is 13.8. The van der Waals surface area contributed by atoms with Crippen LogP contribution in [-0.2, 0) is 6.42 Å². The van der Waals surface area contributed by atoms with Crippen molar-refractivity contribution in [2.24, 2.45) is 0 Å². The van der Waals surface area contributed by atoms with Crippen molar-refractivity contribution in [3.63, 3.8) is 0 Å². The quantitative estimate of drug-likeness (QED) is 0.881. The van der Waals surface area contributed by atoms with E-state index in [0.717, 1.165) is 6.07 Å². The molecule has 1 N–H and O–H groups in total. The average Bonchev–Trinajstić information content (AvgIpc) is 2.42. The SMILES string of the molecule is CNCC(Cc1ccc(F)cc1F)c1ccccc1F. The van der Waals surface area contributed by atoms with E-state index in [1.54, 1.807) is 25.2 Å². The van der Waals surface area contributed by atoms with E-state index in [2.05, 4.69) is 5.32 Å². The Balaban J connectivity index is 2.28. The topological polar surface area (TPSA) is 12.0 Å². The Morgan fingerprint density at radius 1 is 1.00 bits per heavy atom. The largest absolute Gasteiger partial charge is 0.319 e. The summed E-state index contributed by atoms with van der Waals surface area (Å²) in [6.07, 6.45) is 0.313. The second kappa shape index (κ2) is 6.57. The average molecular weight is 279 g/mol.